The van der Waals surface area contributed by atoms with Crippen LogP contribution in [0.15, 0.2) is 72.1 Å². The van der Waals surface area contributed by atoms with Crippen molar-refractivity contribution in [2.45, 2.75) is 38.9 Å². The summed E-state index contributed by atoms with van der Waals surface area (Å²) in [4.78, 5) is 24.7. The summed E-state index contributed by atoms with van der Waals surface area (Å²) in [5.41, 5.74) is 8.50. The van der Waals surface area contributed by atoms with Gasteiger partial charge in [0, 0.05) is 0 Å². The van der Waals surface area contributed by atoms with Crippen LogP contribution in [0.1, 0.15) is 36.8 Å². The Morgan fingerprint density at radius 1 is 0.806 bits per heavy atom. The highest BCUT2D eigenvalue weighted by atomic mass is 16.6. The van der Waals surface area contributed by atoms with Crippen molar-refractivity contribution >= 4 is 12.2 Å². The summed E-state index contributed by atoms with van der Waals surface area (Å²) in [7, 11) is 0. The van der Waals surface area contributed by atoms with E-state index in [0.717, 1.165) is 42.4 Å². The molecule has 0 saturated heterocycles. The molecule has 2 aromatic rings. The molecule has 2 amide bonds. The molecular formula is C24H29N3O4. The number of amides is 2. The summed E-state index contributed by atoms with van der Waals surface area (Å²) in [5, 5.41) is 5.39. The average Bonchev–Trinajstić information content (AvgIpc) is 2.82. The molecular weight excluding hydrogens is 394 g/mol. The van der Waals surface area contributed by atoms with Crippen LogP contribution in [-0.2, 0) is 22.7 Å². The SMILES string of the molecule is NCC1CCC(=C(NC(=O)OCc2ccccc2)NC(=O)OCc2ccccc2)CC1. The Morgan fingerprint density at radius 2 is 1.26 bits per heavy atom. The Hall–Kier alpha value is -3.32. The second kappa shape index (κ2) is 11.8. The van der Waals surface area contributed by atoms with E-state index in [1.807, 2.05) is 60.7 Å². The van der Waals surface area contributed by atoms with Gasteiger partial charge in [-0.25, -0.2) is 9.59 Å². The number of carbonyl (C=O) groups excluding carboxylic acids is 2. The van der Waals surface area contributed by atoms with Gasteiger partial charge in [0.2, 0.25) is 0 Å². The largest absolute Gasteiger partial charge is 0.444 e. The maximum Gasteiger partial charge on any atom is 0.413 e. The van der Waals surface area contributed by atoms with E-state index in [0.29, 0.717) is 18.3 Å². The van der Waals surface area contributed by atoms with Gasteiger partial charge in [0.05, 0.1) is 0 Å². The van der Waals surface area contributed by atoms with Gasteiger partial charge < -0.3 is 15.2 Å². The molecule has 0 heterocycles. The van der Waals surface area contributed by atoms with Crippen molar-refractivity contribution in [3.8, 4) is 0 Å². The third-order valence-corrected chi connectivity index (χ3v) is 5.28. The van der Waals surface area contributed by atoms with E-state index in [1.54, 1.807) is 0 Å². The molecule has 4 N–H and O–H groups in total. The van der Waals surface area contributed by atoms with Gasteiger partial charge in [-0.2, -0.15) is 0 Å². The summed E-state index contributed by atoms with van der Waals surface area (Å²) < 4.78 is 10.6. The Balaban J connectivity index is 1.60. The zero-order chi connectivity index (χ0) is 21.9. The van der Waals surface area contributed by atoms with E-state index in [1.165, 1.54) is 0 Å². The molecule has 0 aliphatic heterocycles. The van der Waals surface area contributed by atoms with Crippen molar-refractivity contribution in [1.29, 1.82) is 0 Å². The van der Waals surface area contributed by atoms with Crippen molar-refractivity contribution in [2.24, 2.45) is 11.7 Å². The minimum Gasteiger partial charge on any atom is -0.444 e. The summed E-state index contributed by atoms with van der Waals surface area (Å²) in [6, 6.07) is 18.8. The minimum absolute atomic E-state index is 0.142. The van der Waals surface area contributed by atoms with Crippen LogP contribution in [0.25, 0.3) is 0 Å². The van der Waals surface area contributed by atoms with Crippen LogP contribution >= 0.6 is 0 Å². The maximum absolute atomic E-state index is 12.4. The van der Waals surface area contributed by atoms with Crippen LogP contribution < -0.4 is 16.4 Å². The first-order valence-corrected chi connectivity index (χ1v) is 10.5. The molecule has 1 aliphatic carbocycles. The summed E-state index contributed by atoms with van der Waals surface area (Å²) in [6.07, 6.45) is 2.06. The zero-order valence-corrected chi connectivity index (χ0v) is 17.5. The summed E-state index contributed by atoms with van der Waals surface area (Å²) in [6.45, 7) is 0.924. The molecule has 7 nitrogen and oxygen atoms in total. The molecule has 0 unspecified atom stereocenters. The Bertz CT molecular complexity index is 815. The lowest BCUT2D eigenvalue weighted by molar-refractivity contribution is 0.136. The molecule has 164 valence electrons. The molecule has 7 heteroatoms. The first kappa shape index (κ1) is 22.4. The van der Waals surface area contributed by atoms with Crippen LogP contribution in [0.5, 0.6) is 0 Å². The fourth-order valence-corrected chi connectivity index (χ4v) is 3.44. The highest BCUT2D eigenvalue weighted by Crippen LogP contribution is 2.28. The number of allylic oxidation sites excluding steroid dienone is 1. The molecule has 0 spiro atoms. The first-order valence-electron chi connectivity index (χ1n) is 10.5. The van der Waals surface area contributed by atoms with E-state index in [9.17, 15) is 9.59 Å². The van der Waals surface area contributed by atoms with Gasteiger partial charge in [0.25, 0.3) is 0 Å². The lowest BCUT2D eigenvalue weighted by Gasteiger charge is -2.25. The molecule has 0 atom stereocenters. The van der Waals surface area contributed by atoms with Crippen LogP contribution in [0.4, 0.5) is 9.59 Å². The number of nitrogens with two attached hydrogens (primary N) is 1. The van der Waals surface area contributed by atoms with Crippen molar-refractivity contribution in [3.63, 3.8) is 0 Å². The number of hydrogen-bond donors (Lipinski definition) is 3. The predicted octanol–water partition coefficient (Wildman–Crippen LogP) is 4.20. The molecule has 3 rings (SSSR count). The monoisotopic (exact) mass is 423 g/mol. The van der Waals surface area contributed by atoms with Crippen molar-refractivity contribution in [2.75, 3.05) is 6.54 Å². The Labute approximate surface area is 182 Å². The fourth-order valence-electron chi connectivity index (χ4n) is 3.44. The van der Waals surface area contributed by atoms with Crippen LogP contribution in [0, 0.1) is 5.92 Å². The van der Waals surface area contributed by atoms with E-state index >= 15 is 0 Å². The van der Waals surface area contributed by atoms with Gasteiger partial charge in [-0.3, -0.25) is 10.6 Å². The van der Waals surface area contributed by atoms with Gasteiger partial charge in [-0.15, -0.1) is 0 Å². The van der Waals surface area contributed by atoms with Crippen molar-refractivity contribution in [3.05, 3.63) is 83.2 Å². The fraction of sp³-hybridized carbons (Fsp3) is 0.333. The third-order valence-electron chi connectivity index (χ3n) is 5.28. The zero-order valence-electron chi connectivity index (χ0n) is 17.5. The highest BCUT2D eigenvalue weighted by molar-refractivity contribution is 5.74. The molecule has 2 aromatic carbocycles. The van der Waals surface area contributed by atoms with E-state index < -0.39 is 12.2 Å². The number of rotatable bonds is 7. The molecule has 1 aliphatic rings. The standard InChI is InChI=1S/C24H29N3O4/c25-15-18-11-13-21(14-12-18)22(26-23(28)30-16-19-7-3-1-4-8-19)27-24(29)31-17-20-9-5-2-6-10-20/h1-10,18H,11-17,25H2,(H,26,28)(H,27,29). The summed E-state index contributed by atoms with van der Waals surface area (Å²) >= 11 is 0. The van der Waals surface area contributed by atoms with Gasteiger partial charge >= 0.3 is 12.2 Å². The molecule has 0 bridgehead atoms. The molecule has 1 fully saturated rings. The number of hydrogen-bond acceptors (Lipinski definition) is 5. The van der Waals surface area contributed by atoms with Gasteiger partial charge in [-0.1, -0.05) is 60.7 Å². The van der Waals surface area contributed by atoms with E-state index in [4.69, 9.17) is 15.2 Å². The second-order valence-electron chi connectivity index (χ2n) is 7.53. The number of carbonyl (C=O) groups is 2. The summed E-state index contributed by atoms with van der Waals surface area (Å²) in [5.74, 6) is 0.798. The van der Waals surface area contributed by atoms with E-state index in [2.05, 4.69) is 10.6 Å². The highest BCUT2D eigenvalue weighted by Gasteiger charge is 2.21. The lowest BCUT2D eigenvalue weighted by Crippen LogP contribution is -2.37. The number of benzene rings is 2. The molecule has 0 radical (unpaired) electrons. The Kier molecular flexibility index (Phi) is 8.48. The van der Waals surface area contributed by atoms with Crippen LogP contribution in [-0.4, -0.2) is 18.7 Å². The molecule has 1 saturated carbocycles. The van der Waals surface area contributed by atoms with Crippen LogP contribution in [0.2, 0.25) is 0 Å². The van der Waals surface area contributed by atoms with Crippen LogP contribution in [0.3, 0.4) is 0 Å². The van der Waals surface area contributed by atoms with Crippen molar-refractivity contribution < 1.29 is 19.1 Å². The topological polar surface area (TPSA) is 103 Å². The quantitative estimate of drug-likeness (QED) is 0.619. The van der Waals surface area contributed by atoms with Gasteiger partial charge in [-0.05, 0) is 54.8 Å². The molecule has 0 aromatic heterocycles. The van der Waals surface area contributed by atoms with E-state index in [-0.39, 0.29) is 13.2 Å². The van der Waals surface area contributed by atoms with Gasteiger partial charge in [0.1, 0.15) is 19.0 Å². The average molecular weight is 424 g/mol. The number of ether oxygens (including phenoxy) is 2. The molecule has 31 heavy (non-hydrogen) atoms. The lowest BCUT2D eigenvalue weighted by atomic mass is 9.86. The normalized spacial score (nSPS) is 15.6. The first-order chi connectivity index (χ1) is 15.1. The predicted molar refractivity (Wildman–Crippen MR) is 118 cm³/mol. The Morgan fingerprint density at radius 3 is 1.68 bits per heavy atom. The van der Waals surface area contributed by atoms with Gasteiger partial charge in [0.15, 0.2) is 0 Å². The smallest absolute Gasteiger partial charge is 0.413 e. The third kappa shape index (κ3) is 7.46. The minimum atomic E-state index is -0.629. The number of nitrogens with one attached hydrogen (secondary N) is 2. The number of alkyl carbamates (subject to hydrolysis) is 2. The maximum atomic E-state index is 12.4. The van der Waals surface area contributed by atoms with Crippen molar-refractivity contribution in [1.82, 2.24) is 10.6 Å². The second-order valence-corrected chi connectivity index (χ2v) is 7.53.